The van der Waals surface area contributed by atoms with Gasteiger partial charge in [0, 0.05) is 0 Å². The molecule has 0 aliphatic heterocycles. The van der Waals surface area contributed by atoms with Crippen LogP contribution in [0.5, 0.6) is 0 Å². The van der Waals surface area contributed by atoms with Crippen LogP contribution in [0.15, 0.2) is 0 Å². The second kappa shape index (κ2) is 7.99. The minimum absolute atomic E-state index is 0.0454. The Bertz CT molecular complexity index is 301. The van der Waals surface area contributed by atoms with E-state index in [1.807, 2.05) is 6.92 Å². The number of hydrogen-bond donors (Lipinski definition) is 3. The van der Waals surface area contributed by atoms with E-state index in [2.05, 4.69) is 6.92 Å². The van der Waals surface area contributed by atoms with Gasteiger partial charge < -0.3 is 15.3 Å². The molecule has 4 heteroatoms. The summed E-state index contributed by atoms with van der Waals surface area (Å²) in [5.41, 5.74) is -0.656. The molecule has 0 aromatic carbocycles. The molecule has 1 saturated carbocycles. The van der Waals surface area contributed by atoms with E-state index in [0.717, 1.165) is 38.5 Å². The Labute approximate surface area is 122 Å². The molecule has 0 saturated heterocycles. The van der Waals surface area contributed by atoms with Gasteiger partial charge in [-0.05, 0) is 50.9 Å². The summed E-state index contributed by atoms with van der Waals surface area (Å²) in [6.45, 7) is 4.02. The molecule has 118 valence electrons. The van der Waals surface area contributed by atoms with Gasteiger partial charge in [0.25, 0.3) is 0 Å². The van der Waals surface area contributed by atoms with Crippen LogP contribution in [0, 0.1) is 11.8 Å². The van der Waals surface area contributed by atoms with Gasteiger partial charge in [-0.3, -0.25) is 4.79 Å². The Morgan fingerprint density at radius 3 is 2.55 bits per heavy atom. The molecular formula is C16H30O4. The summed E-state index contributed by atoms with van der Waals surface area (Å²) in [6.07, 6.45) is 6.77. The summed E-state index contributed by atoms with van der Waals surface area (Å²) in [5.74, 6) is -0.742. The molecule has 0 radical (unpaired) electrons. The van der Waals surface area contributed by atoms with Gasteiger partial charge in [-0.15, -0.1) is 0 Å². The maximum absolute atomic E-state index is 10.9. The Kier molecular flexibility index (Phi) is 6.96. The molecule has 0 spiro atoms. The topological polar surface area (TPSA) is 77.8 Å². The molecule has 0 bridgehead atoms. The maximum Gasteiger partial charge on any atom is 0.303 e. The smallest absolute Gasteiger partial charge is 0.303 e. The van der Waals surface area contributed by atoms with Crippen molar-refractivity contribution >= 4 is 5.97 Å². The van der Waals surface area contributed by atoms with Gasteiger partial charge in [0.15, 0.2) is 0 Å². The van der Waals surface area contributed by atoms with E-state index in [1.54, 1.807) is 0 Å². The number of aliphatic carboxylic acids is 1. The molecular weight excluding hydrogens is 256 g/mol. The number of aliphatic hydroxyl groups is 2. The number of rotatable bonds is 9. The van der Waals surface area contributed by atoms with E-state index in [0.29, 0.717) is 12.8 Å². The highest BCUT2D eigenvalue weighted by Crippen LogP contribution is 2.39. The highest BCUT2D eigenvalue weighted by atomic mass is 16.4. The molecule has 1 rings (SSSR count). The zero-order valence-corrected chi connectivity index (χ0v) is 12.8. The first kappa shape index (κ1) is 17.4. The fraction of sp³-hybridized carbons (Fsp3) is 0.938. The van der Waals surface area contributed by atoms with Crippen LogP contribution in [0.4, 0.5) is 0 Å². The van der Waals surface area contributed by atoms with Crippen molar-refractivity contribution in [2.45, 2.75) is 83.3 Å². The van der Waals surface area contributed by atoms with Gasteiger partial charge in [0.2, 0.25) is 0 Å². The summed E-state index contributed by atoms with van der Waals surface area (Å²) < 4.78 is 0. The molecule has 1 aliphatic rings. The lowest BCUT2D eigenvalue weighted by Crippen LogP contribution is -2.27. The van der Waals surface area contributed by atoms with Gasteiger partial charge in [-0.25, -0.2) is 0 Å². The summed E-state index contributed by atoms with van der Waals surface area (Å²) in [6, 6.07) is 0. The fourth-order valence-corrected chi connectivity index (χ4v) is 3.37. The molecule has 0 aromatic heterocycles. The van der Waals surface area contributed by atoms with Crippen LogP contribution in [0.3, 0.4) is 0 Å². The minimum atomic E-state index is -0.837. The van der Waals surface area contributed by atoms with Crippen LogP contribution < -0.4 is 0 Å². The van der Waals surface area contributed by atoms with E-state index in [1.165, 1.54) is 0 Å². The first-order valence-electron chi connectivity index (χ1n) is 7.98. The maximum atomic E-state index is 10.9. The zero-order valence-electron chi connectivity index (χ0n) is 12.8. The molecule has 1 aliphatic carbocycles. The van der Waals surface area contributed by atoms with Crippen molar-refractivity contribution in [1.29, 1.82) is 0 Å². The summed E-state index contributed by atoms with van der Waals surface area (Å²) in [5, 5.41) is 29.2. The Balaban J connectivity index is 2.40. The Morgan fingerprint density at radius 2 is 1.95 bits per heavy atom. The minimum Gasteiger partial charge on any atom is -0.481 e. The van der Waals surface area contributed by atoms with Gasteiger partial charge in [0.1, 0.15) is 0 Å². The third kappa shape index (κ3) is 5.80. The summed E-state index contributed by atoms with van der Waals surface area (Å²) in [7, 11) is 0. The normalized spacial score (nSPS) is 29.3. The number of aliphatic hydroxyl groups excluding tert-OH is 1. The summed E-state index contributed by atoms with van der Waals surface area (Å²) >= 11 is 0. The van der Waals surface area contributed by atoms with Crippen LogP contribution in [-0.4, -0.2) is 33.0 Å². The van der Waals surface area contributed by atoms with Crippen molar-refractivity contribution in [3.05, 3.63) is 0 Å². The molecule has 0 amide bonds. The van der Waals surface area contributed by atoms with Crippen LogP contribution in [0.1, 0.15) is 71.6 Å². The standard InChI is InChI=1S/C16H30O4/c1-3-4-5-9-16(2,20)10-8-12-6-7-14(17)13(12)11-15(18)19/h12-14,17,20H,3-11H2,1-2H3,(H,18,19)/t12?,13?,14-,16?/m0/s1. The lowest BCUT2D eigenvalue weighted by molar-refractivity contribution is -0.139. The molecule has 3 unspecified atom stereocenters. The van der Waals surface area contributed by atoms with Crippen molar-refractivity contribution in [1.82, 2.24) is 0 Å². The lowest BCUT2D eigenvalue weighted by atomic mass is 9.83. The first-order chi connectivity index (χ1) is 9.35. The SMILES string of the molecule is CCCCCC(C)(O)CCC1CC[C@H](O)C1CC(=O)O. The molecule has 1 fully saturated rings. The van der Waals surface area contributed by atoms with Crippen molar-refractivity contribution in [2.75, 3.05) is 0 Å². The van der Waals surface area contributed by atoms with Crippen LogP contribution in [0.2, 0.25) is 0 Å². The number of carboxylic acids is 1. The predicted molar refractivity (Wildman–Crippen MR) is 78.5 cm³/mol. The van der Waals surface area contributed by atoms with E-state index >= 15 is 0 Å². The van der Waals surface area contributed by atoms with Crippen molar-refractivity contribution in [3.63, 3.8) is 0 Å². The average Bonchev–Trinajstić information content (AvgIpc) is 2.68. The highest BCUT2D eigenvalue weighted by molar-refractivity contribution is 5.67. The van der Waals surface area contributed by atoms with E-state index in [9.17, 15) is 15.0 Å². The van der Waals surface area contributed by atoms with Gasteiger partial charge >= 0.3 is 5.97 Å². The highest BCUT2D eigenvalue weighted by Gasteiger charge is 2.37. The third-order valence-electron chi connectivity index (χ3n) is 4.72. The second-order valence-corrected chi connectivity index (χ2v) is 6.66. The predicted octanol–water partition coefficient (Wildman–Crippen LogP) is 2.96. The molecule has 0 heterocycles. The largest absolute Gasteiger partial charge is 0.481 e. The number of unbranched alkanes of at least 4 members (excludes halogenated alkanes) is 2. The van der Waals surface area contributed by atoms with Crippen molar-refractivity contribution in [3.8, 4) is 0 Å². The Hall–Kier alpha value is -0.610. The molecule has 4 atom stereocenters. The zero-order chi connectivity index (χ0) is 15.2. The molecule has 4 nitrogen and oxygen atoms in total. The average molecular weight is 286 g/mol. The number of carboxylic acid groups (broad SMARTS) is 1. The van der Waals surface area contributed by atoms with Crippen LogP contribution >= 0.6 is 0 Å². The van der Waals surface area contributed by atoms with E-state index in [-0.39, 0.29) is 18.3 Å². The van der Waals surface area contributed by atoms with Gasteiger partial charge in [-0.2, -0.15) is 0 Å². The quantitative estimate of drug-likeness (QED) is 0.569. The first-order valence-corrected chi connectivity index (χ1v) is 7.98. The van der Waals surface area contributed by atoms with Crippen molar-refractivity contribution in [2.24, 2.45) is 11.8 Å². The van der Waals surface area contributed by atoms with Crippen LogP contribution in [0.25, 0.3) is 0 Å². The number of carbonyl (C=O) groups is 1. The third-order valence-corrected chi connectivity index (χ3v) is 4.72. The Morgan fingerprint density at radius 1 is 1.25 bits per heavy atom. The van der Waals surface area contributed by atoms with Crippen LogP contribution in [-0.2, 0) is 4.79 Å². The lowest BCUT2D eigenvalue weighted by Gasteiger charge is -2.27. The number of hydrogen-bond acceptors (Lipinski definition) is 3. The second-order valence-electron chi connectivity index (χ2n) is 6.66. The monoisotopic (exact) mass is 286 g/mol. The van der Waals surface area contributed by atoms with Gasteiger partial charge in [-0.1, -0.05) is 26.2 Å². The van der Waals surface area contributed by atoms with E-state index < -0.39 is 17.7 Å². The van der Waals surface area contributed by atoms with E-state index in [4.69, 9.17) is 5.11 Å². The van der Waals surface area contributed by atoms with Crippen molar-refractivity contribution < 1.29 is 20.1 Å². The molecule has 3 N–H and O–H groups in total. The molecule has 0 aromatic rings. The molecule has 20 heavy (non-hydrogen) atoms. The van der Waals surface area contributed by atoms with Gasteiger partial charge in [0.05, 0.1) is 18.1 Å². The fourth-order valence-electron chi connectivity index (χ4n) is 3.37. The summed E-state index contributed by atoms with van der Waals surface area (Å²) in [4.78, 5) is 10.9.